The SMILES string of the molecule is CCC(CC)(CCO)CNCc1ccoc1. The first kappa shape index (κ1) is 13.3. The van der Waals surface area contributed by atoms with Crippen LogP contribution in [0.25, 0.3) is 0 Å². The summed E-state index contributed by atoms with van der Waals surface area (Å²) >= 11 is 0. The number of furan rings is 1. The molecule has 3 nitrogen and oxygen atoms in total. The highest BCUT2D eigenvalue weighted by Crippen LogP contribution is 2.29. The molecule has 0 fully saturated rings. The first-order valence-corrected chi connectivity index (χ1v) is 6.09. The summed E-state index contributed by atoms with van der Waals surface area (Å²) < 4.78 is 5.02. The van der Waals surface area contributed by atoms with Crippen LogP contribution in [0.4, 0.5) is 0 Å². The predicted octanol–water partition coefficient (Wildman–Crippen LogP) is 2.56. The van der Waals surface area contributed by atoms with E-state index in [4.69, 9.17) is 9.52 Å². The normalized spacial score (nSPS) is 11.9. The Morgan fingerprint density at radius 2 is 2.12 bits per heavy atom. The standard InChI is InChI=1S/C13H23NO2/c1-3-13(4-2,6-7-15)11-14-9-12-5-8-16-10-12/h5,8,10,14-15H,3-4,6-7,9,11H2,1-2H3. The van der Waals surface area contributed by atoms with Gasteiger partial charge in [0.1, 0.15) is 0 Å². The van der Waals surface area contributed by atoms with Gasteiger partial charge in [0.05, 0.1) is 12.5 Å². The lowest BCUT2D eigenvalue weighted by molar-refractivity contribution is 0.163. The van der Waals surface area contributed by atoms with Crippen molar-refractivity contribution in [3.05, 3.63) is 24.2 Å². The van der Waals surface area contributed by atoms with E-state index in [9.17, 15) is 0 Å². The van der Waals surface area contributed by atoms with Gasteiger partial charge in [0, 0.05) is 25.3 Å². The zero-order valence-corrected chi connectivity index (χ0v) is 10.3. The van der Waals surface area contributed by atoms with Crippen LogP contribution < -0.4 is 5.32 Å². The van der Waals surface area contributed by atoms with Crippen molar-refractivity contribution in [3.8, 4) is 0 Å². The van der Waals surface area contributed by atoms with Crippen molar-refractivity contribution < 1.29 is 9.52 Å². The Labute approximate surface area is 97.9 Å². The van der Waals surface area contributed by atoms with E-state index in [1.807, 2.05) is 6.07 Å². The molecule has 1 aromatic rings. The molecule has 0 aliphatic heterocycles. The van der Waals surface area contributed by atoms with Crippen molar-refractivity contribution in [2.24, 2.45) is 5.41 Å². The maximum Gasteiger partial charge on any atom is 0.0947 e. The number of nitrogens with one attached hydrogen (secondary N) is 1. The van der Waals surface area contributed by atoms with Gasteiger partial charge < -0.3 is 14.8 Å². The molecule has 0 bridgehead atoms. The number of aliphatic hydroxyl groups excluding tert-OH is 1. The first-order chi connectivity index (χ1) is 7.76. The zero-order valence-electron chi connectivity index (χ0n) is 10.3. The van der Waals surface area contributed by atoms with Gasteiger partial charge >= 0.3 is 0 Å². The molecular formula is C13H23NO2. The summed E-state index contributed by atoms with van der Waals surface area (Å²) in [5.74, 6) is 0. The summed E-state index contributed by atoms with van der Waals surface area (Å²) in [5, 5.41) is 12.5. The quantitative estimate of drug-likeness (QED) is 0.714. The predicted molar refractivity (Wildman–Crippen MR) is 65.1 cm³/mol. The lowest BCUT2D eigenvalue weighted by Gasteiger charge is -2.31. The minimum atomic E-state index is 0.235. The zero-order chi connectivity index (χ0) is 11.9. The van der Waals surface area contributed by atoms with E-state index in [2.05, 4.69) is 19.2 Å². The first-order valence-electron chi connectivity index (χ1n) is 6.09. The fraction of sp³-hybridized carbons (Fsp3) is 0.692. The van der Waals surface area contributed by atoms with Gasteiger partial charge in [-0.05, 0) is 30.7 Å². The average molecular weight is 225 g/mol. The van der Waals surface area contributed by atoms with Crippen molar-refractivity contribution in [1.29, 1.82) is 0 Å². The summed E-state index contributed by atoms with van der Waals surface area (Å²) in [4.78, 5) is 0. The Bertz CT molecular complexity index is 265. The Kier molecular flexibility index (Phi) is 5.56. The van der Waals surface area contributed by atoms with Crippen LogP contribution >= 0.6 is 0 Å². The smallest absolute Gasteiger partial charge is 0.0947 e. The maximum atomic E-state index is 9.10. The van der Waals surface area contributed by atoms with E-state index in [1.54, 1.807) is 12.5 Å². The molecule has 1 heterocycles. The van der Waals surface area contributed by atoms with E-state index in [-0.39, 0.29) is 12.0 Å². The summed E-state index contributed by atoms with van der Waals surface area (Å²) in [6.45, 7) is 6.45. The van der Waals surface area contributed by atoms with E-state index in [0.29, 0.717) is 0 Å². The molecule has 0 amide bonds. The molecular weight excluding hydrogens is 202 g/mol. The molecule has 0 unspecified atom stereocenters. The van der Waals surface area contributed by atoms with E-state index in [1.165, 1.54) is 5.56 Å². The topological polar surface area (TPSA) is 45.4 Å². The van der Waals surface area contributed by atoms with E-state index >= 15 is 0 Å². The number of hydrogen-bond acceptors (Lipinski definition) is 3. The van der Waals surface area contributed by atoms with Crippen LogP contribution in [0.15, 0.2) is 23.0 Å². The van der Waals surface area contributed by atoms with Crippen LogP contribution in [-0.4, -0.2) is 18.3 Å². The number of rotatable bonds is 8. The van der Waals surface area contributed by atoms with Gasteiger partial charge in [-0.2, -0.15) is 0 Å². The minimum absolute atomic E-state index is 0.235. The molecule has 16 heavy (non-hydrogen) atoms. The summed E-state index contributed by atoms with van der Waals surface area (Å²) in [7, 11) is 0. The molecule has 3 heteroatoms. The second-order valence-electron chi connectivity index (χ2n) is 4.42. The maximum absolute atomic E-state index is 9.10. The highest BCUT2D eigenvalue weighted by atomic mass is 16.3. The molecule has 0 saturated heterocycles. The molecule has 0 aliphatic carbocycles. The fourth-order valence-electron chi connectivity index (χ4n) is 2.04. The highest BCUT2D eigenvalue weighted by molar-refractivity contribution is 5.04. The highest BCUT2D eigenvalue weighted by Gasteiger charge is 2.24. The van der Waals surface area contributed by atoms with Crippen molar-refractivity contribution in [3.63, 3.8) is 0 Å². The summed E-state index contributed by atoms with van der Waals surface area (Å²) in [6, 6.07) is 1.97. The van der Waals surface area contributed by atoms with Crippen LogP contribution in [0.2, 0.25) is 0 Å². The molecule has 2 N–H and O–H groups in total. The molecule has 0 spiro atoms. The van der Waals surface area contributed by atoms with Crippen molar-refractivity contribution in [2.75, 3.05) is 13.2 Å². The third kappa shape index (κ3) is 3.65. The number of aliphatic hydroxyl groups is 1. The van der Waals surface area contributed by atoms with Crippen molar-refractivity contribution in [1.82, 2.24) is 5.32 Å². The molecule has 0 radical (unpaired) electrons. The third-order valence-corrected chi connectivity index (χ3v) is 3.55. The van der Waals surface area contributed by atoms with Gasteiger partial charge in [-0.15, -0.1) is 0 Å². The van der Waals surface area contributed by atoms with Gasteiger partial charge in [-0.1, -0.05) is 13.8 Å². The Morgan fingerprint density at radius 3 is 2.62 bits per heavy atom. The third-order valence-electron chi connectivity index (χ3n) is 3.55. The van der Waals surface area contributed by atoms with Crippen LogP contribution in [0.3, 0.4) is 0 Å². The Morgan fingerprint density at radius 1 is 1.38 bits per heavy atom. The van der Waals surface area contributed by atoms with Gasteiger partial charge in [-0.25, -0.2) is 0 Å². The lowest BCUT2D eigenvalue weighted by Crippen LogP contribution is -2.34. The monoisotopic (exact) mass is 225 g/mol. The van der Waals surface area contributed by atoms with Crippen LogP contribution in [0, 0.1) is 5.41 Å². The van der Waals surface area contributed by atoms with Crippen molar-refractivity contribution >= 4 is 0 Å². The molecule has 0 atom stereocenters. The van der Waals surface area contributed by atoms with Gasteiger partial charge in [0.25, 0.3) is 0 Å². The average Bonchev–Trinajstić information content (AvgIpc) is 2.81. The second-order valence-corrected chi connectivity index (χ2v) is 4.42. The van der Waals surface area contributed by atoms with Gasteiger partial charge in [-0.3, -0.25) is 0 Å². The number of hydrogen-bond donors (Lipinski definition) is 2. The van der Waals surface area contributed by atoms with Gasteiger partial charge in [0.15, 0.2) is 0 Å². The van der Waals surface area contributed by atoms with Crippen LogP contribution in [-0.2, 0) is 6.54 Å². The fourth-order valence-corrected chi connectivity index (χ4v) is 2.04. The van der Waals surface area contributed by atoms with E-state index < -0.39 is 0 Å². The molecule has 0 aliphatic rings. The lowest BCUT2D eigenvalue weighted by atomic mass is 9.79. The van der Waals surface area contributed by atoms with Crippen molar-refractivity contribution in [2.45, 2.75) is 39.7 Å². The molecule has 0 saturated carbocycles. The largest absolute Gasteiger partial charge is 0.472 e. The molecule has 92 valence electrons. The Hall–Kier alpha value is -0.800. The molecule has 1 aromatic heterocycles. The minimum Gasteiger partial charge on any atom is -0.472 e. The molecule has 1 rings (SSSR count). The van der Waals surface area contributed by atoms with Gasteiger partial charge in [0.2, 0.25) is 0 Å². The summed E-state index contributed by atoms with van der Waals surface area (Å²) in [5.41, 5.74) is 1.41. The molecule has 0 aromatic carbocycles. The Balaban J connectivity index is 2.37. The second kappa shape index (κ2) is 6.71. The van der Waals surface area contributed by atoms with Crippen LogP contribution in [0.5, 0.6) is 0 Å². The van der Waals surface area contributed by atoms with E-state index in [0.717, 1.165) is 32.4 Å². The summed E-state index contributed by atoms with van der Waals surface area (Å²) in [6.07, 6.45) is 6.53. The van der Waals surface area contributed by atoms with Crippen LogP contribution in [0.1, 0.15) is 38.7 Å².